The highest BCUT2D eigenvalue weighted by molar-refractivity contribution is 7.47. The Morgan fingerprint density at radius 1 is 0.168 bits per heavy atom. The zero-order chi connectivity index (χ0) is 83.7. The molecule has 0 saturated heterocycles. The minimum atomic E-state index is -10.5. The topological polar surface area (TPSA) is 55.8 Å². The Hall–Kier alpha value is -4.23. The molecule has 0 aromatic rings. The third-order valence-corrected chi connectivity index (χ3v) is 13.5. The molecular formula is C34H9F62O4P. The van der Waals surface area contributed by atoms with Crippen molar-refractivity contribution in [2.24, 2.45) is 0 Å². The van der Waals surface area contributed by atoms with Gasteiger partial charge < -0.3 is 4.89 Å². The smallest absolute Gasteiger partial charge is 0.302 e. The van der Waals surface area contributed by atoms with Gasteiger partial charge in [0, 0.05) is 12.8 Å². The second-order valence-electron chi connectivity index (χ2n) is 19.0. The van der Waals surface area contributed by atoms with Crippen molar-refractivity contribution < 1.29 is 291 Å². The van der Waals surface area contributed by atoms with E-state index in [0.717, 1.165) is 0 Å². The summed E-state index contributed by atoms with van der Waals surface area (Å²) in [6.45, 7) is -7.47. The summed E-state index contributed by atoms with van der Waals surface area (Å²) >= 11 is 0. The highest BCUT2D eigenvalue weighted by Crippen LogP contribution is 2.73. The molecule has 0 aliphatic heterocycles. The van der Waals surface area contributed by atoms with Crippen LogP contribution >= 0.6 is 7.82 Å². The molecule has 4 nitrogen and oxygen atoms in total. The Labute approximate surface area is 504 Å². The predicted molar refractivity (Wildman–Crippen MR) is 182 cm³/mol. The van der Waals surface area contributed by atoms with Gasteiger partial charge in [0.2, 0.25) is 0 Å². The van der Waals surface area contributed by atoms with Crippen LogP contribution in [0, 0.1) is 0 Å². The minimum absolute atomic E-state index is 2.73. The van der Waals surface area contributed by atoms with E-state index in [-0.39, 0.29) is 0 Å². The standard InChI is InChI=1S/C34H9F62O4P/c35-5(36,7(39,40)9(43,44)11(47,48)13(51,52)15(55,56)17(59,60)19(63,64)21(67,68)23(71,72)25(75,76)27(79,80)29(83,84)31(87,88)33(91,92)93)1-3-99-101(97,98)100-4-2-6(37,38)8(41,42)10(45,46)12(49,50)14(53,54)16(57,58)18(61,62)20(65,66)22(69,70)24(73,74)26(77,78)28(81,82)30(85,86)32(89,90)34(94,95)96/h1-4H2,(H,97,98). The summed E-state index contributed by atoms with van der Waals surface area (Å²) in [6, 6.07) is 0. The molecule has 0 saturated carbocycles. The van der Waals surface area contributed by atoms with E-state index in [0.29, 0.717) is 0 Å². The summed E-state index contributed by atoms with van der Waals surface area (Å²) < 4.78 is 871. The molecule has 67 heteroatoms. The van der Waals surface area contributed by atoms with Crippen molar-refractivity contribution in [1.29, 1.82) is 0 Å². The molecule has 0 radical (unpaired) electrons. The molecule has 0 spiro atoms. The maximum atomic E-state index is 14.2. The van der Waals surface area contributed by atoms with Crippen LogP contribution in [0.25, 0.3) is 0 Å². The van der Waals surface area contributed by atoms with Gasteiger partial charge in [-0.25, -0.2) is 4.57 Å². The molecule has 0 aliphatic rings. The van der Waals surface area contributed by atoms with Crippen molar-refractivity contribution in [3.63, 3.8) is 0 Å². The molecule has 0 unspecified atom stereocenters. The van der Waals surface area contributed by atoms with Crippen molar-refractivity contribution >= 4 is 7.82 Å². The highest BCUT2D eigenvalue weighted by Gasteiger charge is 3.04. The first kappa shape index (κ1) is 96.8. The Bertz CT molecular complexity index is 2780. The Morgan fingerprint density at radius 3 is 0.356 bits per heavy atom. The van der Waals surface area contributed by atoms with Crippen LogP contribution in [-0.4, -0.2) is 196 Å². The van der Waals surface area contributed by atoms with Gasteiger partial charge in [0.05, 0.1) is 13.2 Å². The lowest BCUT2D eigenvalue weighted by atomic mass is 9.83. The average Bonchev–Trinajstić information content (AvgIpc) is 0.685. The quantitative estimate of drug-likeness (QED) is 0.0515. The van der Waals surface area contributed by atoms with Gasteiger partial charge in [-0.15, -0.1) is 0 Å². The van der Waals surface area contributed by atoms with Crippen LogP contribution in [0.15, 0.2) is 0 Å². The number of hydrogen-bond donors (Lipinski definition) is 1. The number of hydrogen-bond acceptors (Lipinski definition) is 3. The van der Waals surface area contributed by atoms with Gasteiger partial charge in [0.25, 0.3) is 0 Å². The first-order chi connectivity index (χ1) is 42.4. The van der Waals surface area contributed by atoms with E-state index in [2.05, 4.69) is 9.05 Å². The van der Waals surface area contributed by atoms with Gasteiger partial charge in [-0.05, 0) is 0 Å². The fourth-order valence-corrected chi connectivity index (χ4v) is 6.80. The molecule has 0 bridgehead atoms. The monoisotopic (exact) mass is 1690 g/mol. The Kier molecular flexibility index (Phi) is 23.4. The van der Waals surface area contributed by atoms with E-state index in [1.807, 2.05) is 0 Å². The molecule has 0 heterocycles. The fourth-order valence-electron chi connectivity index (χ4n) is 6.08. The third-order valence-electron chi connectivity index (χ3n) is 12.4. The normalized spacial score (nSPS) is 17.3. The fraction of sp³-hybridized carbons (Fsp3) is 1.00. The first-order valence-corrected chi connectivity index (χ1v) is 23.2. The molecule has 0 aromatic heterocycles. The summed E-state index contributed by atoms with van der Waals surface area (Å²) in [6.07, 6.45) is -26.0. The van der Waals surface area contributed by atoms with Crippen molar-refractivity contribution in [3.05, 3.63) is 0 Å². The zero-order valence-corrected chi connectivity index (χ0v) is 44.3. The van der Waals surface area contributed by atoms with Crippen molar-refractivity contribution in [2.75, 3.05) is 13.2 Å². The van der Waals surface area contributed by atoms with Crippen LogP contribution in [0.2, 0.25) is 0 Å². The van der Waals surface area contributed by atoms with Crippen molar-refractivity contribution in [2.45, 2.75) is 191 Å². The van der Waals surface area contributed by atoms with E-state index in [1.165, 1.54) is 0 Å². The van der Waals surface area contributed by atoms with Crippen molar-refractivity contribution in [1.82, 2.24) is 0 Å². The van der Waals surface area contributed by atoms with Gasteiger partial charge in [-0.2, -0.15) is 272 Å². The molecule has 0 aromatic carbocycles. The average molecular weight is 1690 g/mol. The number of alkyl halides is 62. The molecule has 0 amide bonds. The molecule has 0 atom stereocenters. The summed E-state index contributed by atoms with van der Waals surface area (Å²) in [5.74, 6) is -278. The van der Waals surface area contributed by atoms with Gasteiger partial charge >= 0.3 is 186 Å². The third kappa shape index (κ3) is 12.1. The zero-order valence-electron chi connectivity index (χ0n) is 43.4. The summed E-state index contributed by atoms with van der Waals surface area (Å²) in [5.41, 5.74) is 0. The maximum absolute atomic E-state index is 14.2. The molecule has 608 valence electrons. The van der Waals surface area contributed by atoms with Gasteiger partial charge in [-0.1, -0.05) is 0 Å². The molecule has 1 N–H and O–H groups in total. The number of halogens is 62. The molecule has 0 fully saturated rings. The van der Waals surface area contributed by atoms with Crippen LogP contribution in [0.5, 0.6) is 0 Å². The first-order valence-electron chi connectivity index (χ1n) is 21.7. The largest absolute Gasteiger partial charge is 0.472 e. The number of rotatable bonds is 34. The van der Waals surface area contributed by atoms with Crippen LogP contribution in [0.3, 0.4) is 0 Å². The maximum Gasteiger partial charge on any atom is 0.472 e. The number of phosphoric ester groups is 1. The highest BCUT2D eigenvalue weighted by atomic mass is 31.2. The molecular weight excluding hydrogens is 1680 g/mol. The van der Waals surface area contributed by atoms with E-state index in [4.69, 9.17) is 4.89 Å². The second-order valence-corrected chi connectivity index (χ2v) is 20.4. The molecule has 101 heavy (non-hydrogen) atoms. The molecule has 0 aliphatic carbocycles. The van der Waals surface area contributed by atoms with E-state index >= 15 is 0 Å². The van der Waals surface area contributed by atoms with Gasteiger partial charge in [0.1, 0.15) is 0 Å². The predicted octanol–water partition coefficient (Wildman–Crippen LogP) is 20.8. The summed E-state index contributed by atoms with van der Waals surface area (Å²) in [7, 11) is -7.63. The van der Waals surface area contributed by atoms with Crippen LogP contribution in [-0.2, 0) is 13.6 Å². The lowest BCUT2D eigenvalue weighted by Crippen LogP contribution is -2.79. The van der Waals surface area contributed by atoms with E-state index in [1.54, 1.807) is 0 Å². The number of phosphoric acid groups is 1. The van der Waals surface area contributed by atoms with Crippen LogP contribution in [0.4, 0.5) is 272 Å². The SMILES string of the molecule is O=P(O)(OCCC(F)(F)C(F)(F)C(F)(F)C(F)(F)C(F)(F)C(F)(F)C(F)(F)C(F)(F)C(F)(F)C(F)(F)C(F)(F)C(F)(F)C(F)(F)C(F)(F)C(F)(F)F)OCCC(F)(F)C(F)(F)C(F)(F)C(F)(F)C(F)(F)C(F)(F)C(F)(F)C(F)(F)C(F)(F)C(F)(F)C(F)(F)C(F)(F)C(F)(F)C(F)(F)C(F)(F)F. The lowest BCUT2D eigenvalue weighted by molar-refractivity contribution is -0.489. The summed E-state index contributed by atoms with van der Waals surface area (Å²) in [4.78, 5) is 9.06. The van der Waals surface area contributed by atoms with E-state index in [9.17, 15) is 277 Å². The Morgan fingerprint density at radius 2 is 0.257 bits per heavy atom. The van der Waals surface area contributed by atoms with E-state index < -0.39 is 212 Å². The van der Waals surface area contributed by atoms with Gasteiger partial charge in [0.15, 0.2) is 0 Å². The van der Waals surface area contributed by atoms with Crippen LogP contribution < -0.4 is 0 Å². The molecule has 0 rings (SSSR count). The van der Waals surface area contributed by atoms with Gasteiger partial charge in [-0.3, -0.25) is 9.05 Å². The summed E-state index contributed by atoms with van der Waals surface area (Å²) in [5, 5.41) is 0. The van der Waals surface area contributed by atoms with Crippen LogP contribution in [0.1, 0.15) is 12.8 Å². The lowest BCUT2D eigenvalue weighted by Gasteiger charge is -2.46. The second kappa shape index (κ2) is 24.4. The Balaban J connectivity index is 7.25. The minimum Gasteiger partial charge on any atom is -0.302 e. The van der Waals surface area contributed by atoms with Crippen molar-refractivity contribution in [3.8, 4) is 0 Å².